The molecule has 21 heavy (non-hydrogen) atoms. The smallest absolute Gasteiger partial charge is 0.245 e. The number of carbonyl (C=O) groups is 2. The number of nitrogens with one attached hydrogen (secondary N) is 1. The summed E-state index contributed by atoms with van der Waals surface area (Å²) in [6.07, 6.45) is 2.79. The van der Waals surface area contributed by atoms with Gasteiger partial charge in [-0.3, -0.25) is 9.59 Å². The van der Waals surface area contributed by atoms with Gasteiger partial charge in [0.2, 0.25) is 11.8 Å². The molecule has 1 aromatic rings. The molecule has 0 atom stereocenters. The summed E-state index contributed by atoms with van der Waals surface area (Å²) in [5.74, 6) is 1.51. The van der Waals surface area contributed by atoms with Gasteiger partial charge in [0.25, 0.3) is 0 Å². The van der Waals surface area contributed by atoms with Crippen molar-refractivity contribution in [2.24, 2.45) is 11.8 Å². The van der Waals surface area contributed by atoms with Gasteiger partial charge in [-0.05, 0) is 32.1 Å². The molecule has 0 unspecified atom stereocenters. The van der Waals surface area contributed by atoms with E-state index in [1.807, 2.05) is 0 Å². The highest BCUT2D eigenvalue weighted by Crippen LogP contribution is 2.31. The molecule has 0 saturated heterocycles. The molecule has 0 radical (unpaired) electrons. The van der Waals surface area contributed by atoms with Crippen molar-refractivity contribution in [3.05, 3.63) is 11.8 Å². The Balaban J connectivity index is 1.89. The Morgan fingerprint density at radius 1 is 1.48 bits per heavy atom. The molecule has 1 fully saturated rings. The molecule has 0 aliphatic heterocycles. The summed E-state index contributed by atoms with van der Waals surface area (Å²) >= 11 is 0. The average molecular weight is 293 g/mol. The van der Waals surface area contributed by atoms with E-state index in [-0.39, 0.29) is 24.3 Å². The van der Waals surface area contributed by atoms with Crippen LogP contribution >= 0.6 is 0 Å². The number of hydrogen-bond acceptors (Lipinski definition) is 4. The van der Waals surface area contributed by atoms with E-state index in [9.17, 15) is 9.59 Å². The van der Waals surface area contributed by atoms with Crippen LogP contribution in [-0.2, 0) is 9.59 Å². The topological polar surface area (TPSA) is 75.4 Å². The van der Waals surface area contributed by atoms with Crippen LogP contribution in [0.15, 0.2) is 10.6 Å². The van der Waals surface area contributed by atoms with E-state index >= 15 is 0 Å². The fourth-order valence-electron chi connectivity index (χ4n) is 2.05. The molecule has 2 rings (SSSR count). The van der Waals surface area contributed by atoms with E-state index in [0.29, 0.717) is 24.0 Å². The molecule has 1 N–H and O–H groups in total. The molecule has 6 nitrogen and oxygen atoms in total. The highest BCUT2D eigenvalue weighted by Gasteiger charge is 2.34. The van der Waals surface area contributed by atoms with Crippen molar-refractivity contribution in [1.29, 1.82) is 0 Å². The third-order valence-electron chi connectivity index (χ3n) is 3.44. The molecule has 1 aromatic heterocycles. The highest BCUT2D eigenvalue weighted by atomic mass is 16.5. The maximum Gasteiger partial charge on any atom is 0.245 e. The number of aromatic nitrogens is 1. The van der Waals surface area contributed by atoms with E-state index in [4.69, 9.17) is 4.52 Å². The van der Waals surface area contributed by atoms with Gasteiger partial charge in [-0.15, -0.1) is 0 Å². The van der Waals surface area contributed by atoms with Crippen molar-refractivity contribution in [2.45, 2.75) is 40.0 Å². The predicted molar refractivity (Wildman–Crippen MR) is 78.6 cm³/mol. The molecule has 1 aliphatic rings. The number of aryl methyl sites for hydroxylation is 1. The zero-order chi connectivity index (χ0) is 15.4. The van der Waals surface area contributed by atoms with Crippen molar-refractivity contribution >= 4 is 17.6 Å². The predicted octanol–water partition coefficient (Wildman–Crippen LogP) is 2.21. The Kier molecular flexibility index (Phi) is 4.98. The van der Waals surface area contributed by atoms with Crippen LogP contribution in [-0.4, -0.2) is 35.0 Å². The van der Waals surface area contributed by atoms with Crippen molar-refractivity contribution in [3.8, 4) is 0 Å². The molecule has 6 heteroatoms. The zero-order valence-corrected chi connectivity index (χ0v) is 12.9. The lowest BCUT2D eigenvalue weighted by molar-refractivity contribution is -0.136. The number of rotatable bonds is 7. The summed E-state index contributed by atoms with van der Waals surface area (Å²) in [6.45, 7) is 6.68. The lowest BCUT2D eigenvalue weighted by Crippen LogP contribution is -2.39. The minimum absolute atomic E-state index is 0.0773. The number of nitrogens with zero attached hydrogens (tertiary/aromatic N) is 2. The first-order chi connectivity index (χ1) is 9.95. The van der Waals surface area contributed by atoms with Gasteiger partial charge >= 0.3 is 0 Å². The molecule has 1 aliphatic carbocycles. The van der Waals surface area contributed by atoms with Crippen LogP contribution in [0.5, 0.6) is 0 Å². The molecular weight excluding hydrogens is 270 g/mol. The first-order valence-corrected chi connectivity index (χ1v) is 7.47. The Hall–Kier alpha value is -1.85. The summed E-state index contributed by atoms with van der Waals surface area (Å²) < 4.78 is 4.90. The van der Waals surface area contributed by atoms with Gasteiger partial charge in [0, 0.05) is 18.5 Å². The van der Waals surface area contributed by atoms with Gasteiger partial charge in [0.1, 0.15) is 5.76 Å². The second kappa shape index (κ2) is 6.74. The van der Waals surface area contributed by atoms with Crippen LogP contribution in [0.3, 0.4) is 0 Å². The highest BCUT2D eigenvalue weighted by molar-refractivity contribution is 5.94. The number of amides is 2. The van der Waals surface area contributed by atoms with Crippen LogP contribution in [0, 0.1) is 18.8 Å². The molecule has 0 bridgehead atoms. The van der Waals surface area contributed by atoms with Crippen molar-refractivity contribution in [2.75, 3.05) is 18.4 Å². The van der Waals surface area contributed by atoms with Crippen molar-refractivity contribution in [3.63, 3.8) is 0 Å². The van der Waals surface area contributed by atoms with Crippen LogP contribution in [0.1, 0.15) is 38.9 Å². The van der Waals surface area contributed by atoms with E-state index in [0.717, 1.165) is 19.3 Å². The lowest BCUT2D eigenvalue weighted by atomic mass is 10.1. The minimum Gasteiger partial charge on any atom is -0.360 e. The van der Waals surface area contributed by atoms with E-state index < -0.39 is 0 Å². The molecule has 1 heterocycles. The van der Waals surface area contributed by atoms with E-state index in [2.05, 4.69) is 24.3 Å². The monoisotopic (exact) mass is 293 g/mol. The zero-order valence-electron chi connectivity index (χ0n) is 12.9. The van der Waals surface area contributed by atoms with Gasteiger partial charge in [-0.1, -0.05) is 19.0 Å². The molecule has 2 amide bonds. The van der Waals surface area contributed by atoms with Crippen LogP contribution < -0.4 is 5.32 Å². The normalized spacial score (nSPS) is 14.3. The Morgan fingerprint density at radius 3 is 2.71 bits per heavy atom. The quantitative estimate of drug-likeness (QED) is 0.836. The first-order valence-electron chi connectivity index (χ1n) is 7.47. The second-order valence-corrected chi connectivity index (χ2v) is 6.09. The fraction of sp³-hybridized carbons (Fsp3) is 0.667. The lowest BCUT2D eigenvalue weighted by Gasteiger charge is -2.22. The molecular formula is C15H23N3O3. The van der Waals surface area contributed by atoms with Crippen LogP contribution in [0.25, 0.3) is 0 Å². The average Bonchev–Trinajstić information content (AvgIpc) is 3.18. The van der Waals surface area contributed by atoms with Gasteiger partial charge < -0.3 is 14.7 Å². The summed E-state index contributed by atoms with van der Waals surface area (Å²) in [7, 11) is 0. The van der Waals surface area contributed by atoms with Crippen LogP contribution in [0.2, 0.25) is 0 Å². The van der Waals surface area contributed by atoms with E-state index in [1.54, 1.807) is 17.9 Å². The first kappa shape index (κ1) is 15.5. The van der Waals surface area contributed by atoms with Gasteiger partial charge in [0.05, 0.1) is 6.54 Å². The van der Waals surface area contributed by atoms with Crippen molar-refractivity contribution in [1.82, 2.24) is 10.1 Å². The number of carbonyl (C=O) groups excluding carboxylic acids is 2. The molecule has 0 spiro atoms. The molecule has 0 aromatic carbocycles. The number of hydrogen-bond donors (Lipinski definition) is 1. The maximum absolute atomic E-state index is 12.2. The Labute approximate surface area is 124 Å². The van der Waals surface area contributed by atoms with Crippen LogP contribution in [0.4, 0.5) is 5.82 Å². The minimum atomic E-state index is -0.235. The standard InChI is InChI=1S/C15H23N3O3/c1-10(2)6-7-18(15(20)12-4-5-12)9-14(19)16-13-8-11(3)21-17-13/h8,10,12H,4-7,9H2,1-3H3,(H,16,17,19). The van der Waals surface area contributed by atoms with Gasteiger partial charge in [-0.2, -0.15) is 0 Å². The van der Waals surface area contributed by atoms with Gasteiger partial charge in [0.15, 0.2) is 5.82 Å². The fourth-order valence-corrected chi connectivity index (χ4v) is 2.05. The summed E-state index contributed by atoms with van der Waals surface area (Å²) in [5.41, 5.74) is 0. The molecule has 1 saturated carbocycles. The Morgan fingerprint density at radius 2 is 2.19 bits per heavy atom. The Bertz CT molecular complexity index is 506. The van der Waals surface area contributed by atoms with E-state index in [1.165, 1.54) is 0 Å². The second-order valence-electron chi connectivity index (χ2n) is 6.09. The largest absolute Gasteiger partial charge is 0.360 e. The maximum atomic E-state index is 12.2. The van der Waals surface area contributed by atoms with Crippen molar-refractivity contribution < 1.29 is 14.1 Å². The summed E-state index contributed by atoms with van der Waals surface area (Å²) in [6, 6.07) is 1.65. The SMILES string of the molecule is Cc1cc(NC(=O)CN(CCC(C)C)C(=O)C2CC2)no1. The third-order valence-corrected chi connectivity index (χ3v) is 3.44. The summed E-state index contributed by atoms with van der Waals surface area (Å²) in [4.78, 5) is 25.9. The van der Waals surface area contributed by atoms with Gasteiger partial charge in [-0.25, -0.2) is 0 Å². The molecule has 116 valence electrons. The summed E-state index contributed by atoms with van der Waals surface area (Å²) in [5, 5.41) is 6.38. The third kappa shape index (κ3) is 4.88. The number of anilines is 1.